The summed E-state index contributed by atoms with van der Waals surface area (Å²) < 4.78 is 13.8. The molecule has 0 saturated carbocycles. The molecule has 1 aromatic rings. The second kappa shape index (κ2) is 4.96. The van der Waals surface area contributed by atoms with Crippen LogP contribution in [-0.2, 0) is 0 Å². The summed E-state index contributed by atoms with van der Waals surface area (Å²) in [7, 11) is 0. The van der Waals surface area contributed by atoms with Crippen molar-refractivity contribution in [2.45, 2.75) is 20.3 Å². The van der Waals surface area contributed by atoms with E-state index in [9.17, 15) is 4.39 Å². The third-order valence-electron chi connectivity index (χ3n) is 3.47. The molecule has 1 aliphatic heterocycles. The normalized spacial score (nSPS) is 24.1. The molecule has 1 aliphatic rings. The number of rotatable bonds is 2. The number of nitrogens with zero attached hydrogens (tertiary/aromatic N) is 1. The Morgan fingerprint density at radius 2 is 1.94 bits per heavy atom. The lowest BCUT2D eigenvalue weighted by Crippen LogP contribution is -2.40. The molecule has 4 heteroatoms. The molecule has 1 saturated heterocycles. The van der Waals surface area contributed by atoms with Gasteiger partial charge in [-0.25, -0.2) is 4.39 Å². The highest BCUT2D eigenvalue weighted by Gasteiger charge is 2.25. The summed E-state index contributed by atoms with van der Waals surface area (Å²) >= 11 is 0. The monoisotopic (exact) mass is 249 g/mol. The summed E-state index contributed by atoms with van der Waals surface area (Å²) in [6.45, 7) is 6.20. The smallest absolute Gasteiger partial charge is 0.136 e. The van der Waals surface area contributed by atoms with Gasteiger partial charge >= 0.3 is 0 Å². The zero-order valence-electron chi connectivity index (χ0n) is 10.9. The third-order valence-corrected chi connectivity index (χ3v) is 3.47. The van der Waals surface area contributed by atoms with Crippen LogP contribution in [0.2, 0.25) is 0 Å². The van der Waals surface area contributed by atoms with Crippen LogP contribution in [0, 0.1) is 23.1 Å². The van der Waals surface area contributed by atoms with E-state index in [0.717, 1.165) is 18.8 Å². The molecule has 1 fully saturated rings. The lowest BCUT2D eigenvalue weighted by Gasteiger charge is -2.37. The highest BCUT2D eigenvalue weighted by atomic mass is 19.1. The van der Waals surface area contributed by atoms with Gasteiger partial charge in [0.05, 0.1) is 11.3 Å². The van der Waals surface area contributed by atoms with Gasteiger partial charge in [0.2, 0.25) is 0 Å². The fraction of sp³-hybridized carbons (Fsp3) is 0.500. The molecule has 2 unspecified atom stereocenters. The van der Waals surface area contributed by atoms with Crippen LogP contribution in [0.15, 0.2) is 18.2 Å². The van der Waals surface area contributed by atoms with Gasteiger partial charge in [-0.05, 0) is 30.4 Å². The van der Waals surface area contributed by atoms with Crippen LogP contribution in [0.5, 0.6) is 0 Å². The topological polar surface area (TPSA) is 53.1 Å². The zero-order valence-corrected chi connectivity index (χ0v) is 10.9. The molecule has 0 spiro atoms. The maximum Gasteiger partial charge on any atom is 0.136 e. The van der Waals surface area contributed by atoms with Crippen LogP contribution in [0.25, 0.3) is 0 Å². The predicted molar refractivity (Wildman–Crippen MR) is 72.6 cm³/mol. The zero-order chi connectivity index (χ0) is 13.3. The minimum atomic E-state index is -0.411. The Hall–Kier alpha value is -1.58. The first kappa shape index (κ1) is 12.9. The Morgan fingerprint density at radius 1 is 1.33 bits per heavy atom. The van der Waals surface area contributed by atoms with Crippen molar-refractivity contribution >= 4 is 11.5 Å². The Balaban J connectivity index is 2.38. The molecule has 3 N–H and O–H groups in total. The van der Waals surface area contributed by atoms with E-state index in [0.29, 0.717) is 11.8 Å². The molecule has 0 aromatic heterocycles. The van der Waals surface area contributed by atoms with Gasteiger partial charge in [-0.3, -0.25) is 5.41 Å². The van der Waals surface area contributed by atoms with Crippen molar-refractivity contribution in [2.24, 2.45) is 17.6 Å². The van der Waals surface area contributed by atoms with E-state index in [1.807, 2.05) is 6.07 Å². The minimum Gasteiger partial charge on any atom is -0.384 e. The van der Waals surface area contributed by atoms with Crippen molar-refractivity contribution in [3.63, 3.8) is 0 Å². The summed E-state index contributed by atoms with van der Waals surface area (Å²) in [5.41, 5.74) is 6.49. The van der Waals surface area contributed by atoms with Crippen LogP contribution < -0.4 is 10.6 Å². The van der Waals surface area contributed by atoms with E-state index in [-0.39, 0.29) is 11.4 Å². The van der Waals surface area contributed by atoms with Crippen LogP contribution >= 0.6 is 0 Å². The van der Waals surface area contributed by atoms with Crippen LogP contribution in [0.4, 0.5) is 10.1 Å². The van der Waals surface area contributed by atoms with Crippen molar-refractivity contribution in [1.82, 2.24) is 0 Å². The first-order chi connectivity index (χ1) is 8.49. The standard InChI is InChI=1S/C14H20FN3/c1-9-6-10(2)8-18(7-9)12-5-3-4-11(15)13(12)14(16)17/h3-5,9-10H,6-8H2,1-2H3,(H3,16,17). The predicted octanol–water partition coefficient (Wildman–Crippen LogP) is 2.59. The van der Waals surface area contributed by atoms with Gasteiger partial charge in [-0.2, -0.15) is 0 Å². The number of nitrogens with one attached hydrogen (secondary N) is 1. The molecule has 98 valence electrons. The van der Waals surface area contributed by atoms with Gasteiger partial charge in [0.15, 0.2) is 0 Å². The van der Waals surface area contributed by atoms with E-state index >= 15 is 0 Å². The summed E-state index contributed by atoms with van der Waals surface area (Å²) in [6.07, 6.45) is 1.20. The Kier molecular flexibility index (Phi) is 3.55. The molecular formula is C14H20FN3. The highest BCUT2D eigenvalue weighted by molar-refractivity contribution is 6.00. The number of halogens is 1. The number of amidine groups is 1. The van der Waals surface area contributed by atoms with Gasteiger partial charge in [0.1, 0.15) is 11.7 Å². The number of hydrogen-bond donors (Lipinski definition) is 2. The number of benzene rings is 1. The van der Waals surface area contributed by atoms with Crippen LogP contribution in [0.3, 0.4) is 0 Å². The van der Waals surface area contributed by atoms with E-state index in [2.05, 4.69) is 18.7 Å². The molecule has 1 heterocycles. The molecule has 0 radical (unpaired) electrons. The maximum absolute atomic E-state index is 13.8. The number of nitrogens with two attached hydrogens (primary N) is 1. The van der Waals surface area contributed by atoms with Crippen molar-refractivity contribution in [3.8, 4) is 0 Å². The second-order valence-corrected chi connectivity index (χ2v) is 5.40. The fourth-order valence-electron chi connectivity index (χ4n) is 2.90. The van der Waals surface area contributed by atoms with E-state index < -0.39 is 5.82 Å². The summed E-state index contributed by atoms with van der Waals surface area (Å²) in [4.78, 5) is 2.15. The Morgan fingerprint density at radius 3 is 2.50 bits per heavy atom. The van der Waals surface area contributed by atoms with Crippen molar-refractivity contribution < 1.29 is 4.39 Å². The van der Waals surface area contributed by atoms with E-state index in [1.165, 1.54) is 12.5 Å². The van der Waals surface area contributed by atoms with Crippen LogP contribution in [0.1, 0.15) is 25.8 Å². The molecule has 2 atom stereocenters. The summed E-state index contributed by atoms with van der Waals surface area (Å²) in [5, 5.41) is 7.55. The molecule has 2 rings (SSSR count). The largest absolute Gasteiger partial charge is 0.384 e. The van der Waals surface area contributed by atoms with Gasteiger partial charge < -0.3 is 10.6 Å². The third kappa shape index (κ3) is 2.47. The highest BCUT2D eigenvalue weighted by Crippen LogP contribution is 2.29. The van der Waals surface area contributed by atoms with Gasteiger partial charge in [-0.1, -0.05) is 19.9 Å². The number of anilines is 1. The number of hydrogen-bond acceptors (Lipinski definition) is 2. The first-order valence-corrected chi connectivity index (χ1v) is 6.37. The average molecular weight is 249 g/mol. The minimum absolute atomic E-state index is 0.200. The first-order valence-electron chi connectivity index (χ1n) is 6.37. The molecule has 0 amide bonds. The molecular weight excluding hydrogens is 229 g/mol. The van der Waals surface area contributed by atoms with Gasteiger partial charge in [0, 0.05) is 13.1 Å². The Labute approximate surface area is 107 Å². The molecule has 3 nitrogen and oxygen atoms in total. The van der Waals surface area contributed by atoms with Gasteiger partial charge in [-0.15, -0.1) is 0 Å². The van der Waals surface area contributed by atoms with Crippen molar-refractivity contribution in [3.05, 3.63) is 29.6 Å². The summed E-state index contributed by atoms with van der Waals surface area (Å²) in [6, 6.07) is 4.89. The van der Waals surface area contributed by atoms with Crippen molar-refractivity contribution in [1.29, 1.82) is 5.41 Å². The molecule has 0 aliphatic carbocycles. The van der Waals surface area contributed by atoms with Gasteiger partial charge in [0.25, 0.3) is 0 Å². The van der Waals surface area contributed by atoms with Crippen molar-refractivity contribution in [2.75, 3.05) is 18.0 Å². The Bertz CT molecular complexity index is 448. The lowest BCUT2D eigenvalue weighted by molar-refractivity contribution is 0.356. The molecule has 0 bridgehead atoms. The number of nitrogen functional groups attached to an aromatic ring is 1. The van der Waals surface area contributed by atoms with E-state index in [4.69, 9.17) is 11.1 Å². The number of piperidine rings is 1. The average Bonchev–Trinajstić information content (AvgIpc) is 2.26. The van der Waals surface area contributed by atoms with E-state index in [1.54, 1.807) is 6.07 Å². The quantitative estimate of drug-likeness (QED) is 0.625. The molecule has 18 heavy (non-hydrogen) atoms. The molecule has 1 aromatic carbocycles. The fourth-order valence-corrected chi connectivity index (χ4v) is 2.90. The lowest BCUT2D eigenvalue weighted by atomic mass is 9.91. The van der Waals surface area contributed by atoms with Crippen LogP contribution in [-0.4, -0.2) is 18.9 Å². The summed E-state index contributed by atoms with van der Waals surface area (Å²) in [5.74, 6) is 0.550. The maximum atomic E-state index is 13.8. The SMILES string of the molecule is CC1CC(C)CN(c2cccc(F)c2C(=N)N)C1. The second-order valence-electron chi connectivity index (χ2n) is 5.40.